The van der Waals surface area contributed by atoms with Crippen molar-refractivity contribution in [2.45, 2.75) is 19.5 Å². The number of likely N-dealkylation sites (N-methyl/N-ethyl adjacent to an activating group) is 1. The van der Waals surface area contributed by atoms with Crippen molar-refractivity contribution in [2.24, 2.45) is 4.99 Å². The smallest absolute Gasteiger partial charge is 0.259 e. The van der Waals surface area contributed by atoms with Gasteiger partial charge < -0.3 is 24.8 Å². The predicted molar refractivity (Wildman–Crippen MR) is 125 cm³/mol. The maximum Gasteiger partial charge on any atom is 0.259 e. The molecule has 3 aromatic rings. The second-order valence-corrected chi connectivity index (χ2v) is 7.50. The van der Waals surface area contributed by atoms with E-state index in [0.717, 1.165) is 31.0 Å². The van der Waals surface area contributed by atoms with Crippen LogP contribution in [0.5, 0.6) is 5.75 Å². The quantitative estimate of drug-likeness (QED) is 0.317. The molecule has 2 aromatic carbocycles. The Morgan fingerprint density at radius 1 is 1.10 bits per heavy atom. The van der Waals surface area contributed by atoms with Gasteiger partial charge in [0.1, 0.15) is 5.75 Å². The maximum atomic E-state index is 11.7. The summed E-state index contributed by atoms with van der Waals surface area (Å²) in [5, 5.41) is 7.95. The Hall–Kier alpha value is -3.48. The van der Waals surface area contributed by atoms with E-state index in [1.165, 1.54) is 15.8 Å². The Morgan fingerprint density at radius 3 is 2.74 bits per heavy atom. The molecule has 1 aromatic heterocycles. The summed E-state index contributed by atoms with van der Waals surface area (Å²) >= 11 is 0. The van der Waals surface area contributed by atoms with Gasteiger partial charge in [0.25, 0.3) is 5.91 Å². The third-order valence-electron chi connectivity index (χ3n) is 4.99. The number of aryl methyl sites for hydroxylation is 1. The summed E-state index contributed by atoms with van der Waals surface area (Å²) in [4.78, 5) is 17.5. The highest BCUT2D eigenvalue weighted by Gasteiger charge is 2.06. The van der Waals surface area contributed by atoms with E-state index in [0.29, 0.717) is 12.3 Å². The van der Waals surface area contributed by atoms with E-state index < -0.39 is 0 Å². The van der Waals surface area contributed by atoms with Crippen molar-refractivity contribution in [3.05, 3.63) is 66.4 Å². The van der Waals surface area contributed by atoms with Crippen LogP contribution in [0.3, 0.4) is 0 Å². The molecule has 0 saturated carbocycles. The lowest BCUT2D eigenvalue weighted by molar-refractivity contribution is -0.130. The fourth-order valence-corrected chi connectivity index (χ4v) is 3.22. The van der Waals surface area contributed by atoms with Gasteiger partial charge in [-0.1, -0.05) is 30.3 Å². The van der Waals surface area contributed by atoms with Gasteiger partial charge in [-0.15, -0.1) is 0 Å². The third-order valence-corrected chi connectivity index (χ3v) is 4.99. The SMILES string of the molecule is CN=C(NCCCn1ccc2ccccc21)NCc1cccc(OCC(=O)N(C)C)c1. The zero-order chi connectivity index (χ0) is 22.1. The van der Waals surface area contributed by atoms with Crippen molar-refractivity contribution in [3.8, 4) is 5.75 Å². The van der Waals surface area contributed by atoms with E-state index in [4.69, 9.17) is 4.74 Å². The van der Waals surface area contributed by atoms with E-state index in [2.05, 4.69) is 56.7 Å². The average Bonchev–Trinajstić information content (AvgIpc) is 3.20. The van der Waals surface area contributed by atoms with Gasteiger partial charge in [0.15, 0.2) is 12.6 Å². The topological polar surface area (TPSA) is 70.9 Å². The molecule has 0 aliphatic carbocycles. The first-order valence-corrected chi connectivity index (χ1v) is 10.5. The number of aromatic nitrogens is 1. The highest BCUT2D eigenvalue weighted by Crippen LogP contribution is 2.15. The molecular weight excluding hydrogens is 390 g/mol. The van der Waals surface area contributed by atoms with Gasteiger partial charge >= 0.3 is 0 Å². The molecule has 0 saturated heterocycles. The van der Waals surface area contributed by atoms with Gasteiger partial charge in [0.2, 0.25) is 0 Å². The van der Waals surface area contributed by atoms with Crippen molar-refractivity contribution >= 4 is 22.8 Å². The number of benzene rings is 2. The van der Waals surface area contributed by atoms with E-state index in [1.54, 1.807) is 21.1 Å². The number of rotatable bonds is 9. The summed E-state index contributed by atoms with van der Waals surface area (Å²) < 4.78 is 7.86. The van der Waals surface area contributed by atoms with E-state index in [9.17, 15) is 4.79 Å². The van der Waals surface area contributed by atoms with Gasteiger partial charge in [-0.25, -0.2) is 0 Å². The molecule has 3 rings (SSSR count). The summed E-state index contributed by atoms with van der Waals surface area (Å²) in [6.07, 6.45) is 3.13. The molecule has 0 fully saturated rings. The molecule has 164 valence electrons. The molecule has 0 bridgehead atoms. The molecule has 0 radical (unpaired) electrons. The van der Waals surface area contributed by atoms with Crippen LogP contribution >= 0.6 is 0 Å². The molecule has 1 amide bonds. The molecule has 7 heteroatoms. The molecule has 1 heterocycles. The van der Waals surface area contributed by atoms with Gasteiger partial charge in [-0.2, -0.15) is 0 Å². The zero-order valence-electron chi connectivity index (χ0n) is 18.5. The first-order valence-electron chi connectivity index (χ1n) is 10.5. The number of guanidine groups is 1. The summed E-state index contributed by atoms with van der Waals surface area (Å²) in [5.74, 6) is 1.36. The minimum absolute atomic E-state index is 0.0315. The summed E-state index contributed by atoms with van der Waals surface area (Å²) in [5.41, 5.74) is 2.32. The van der Waals surface area contributed by atoms with Crippen molar-refractivity contribution in [1.29, 1.82) is 0 Å². The second-order valence-electron chi connectivity index (χ2n) is 7.50. The number of nitrogens with one attached hydrogen (secondary N) is 2. The van der Waals surface area contributed by atoms with Gasteiger partial charge in [-0.05, 0) is 41.6 Å². The molecule has 0 aliphatic rings. The molecule has 0 atom stereocenters. The Bertz CT molecular complexity index is 1030. The number of amides is 1. The van der Waals surface area contributed by atoms with Crippen molar-refractivity contribution in [2.75, 3.05) is 34.3 Å². The van der Waals surface area contributed by atoms with Gasteiger partial charge in [-0.3, -0.25) is 9.79 Å². The summed E-state index contributed by atoms with van der Waals surface area (Å²) in [6, 6.07) is 18.3. The fourth-order valence-electron chi connectivity index (χ4n) is 3.22. The van der Waals surface area contributed by atoms with Crippen LogP contribution in [0.1, 0.15) is 12.0 Å². The highest BCUT2D eigenvalue weighted by molar-refractivity contribution is 5.80. The van der Waals surface area contributed by atoms with Gasteiger partial charge in [0.05, 0.1) is 0 Å². The molecule has 0 spiro atoms. The minimum Gasteiger partial charge on any atom is -0.484 e. The van der Waals surface area contributed by atoms with Crippen molar-refractivity contribution in [1.82, 2.24) is 20.1 Å². The second kappa shape index (κ2) is 11.1. The average molecular weight is 422 g/mol. The number of ether oxygens (including phenoxy) is 1. The molecule has 0 unspecified atom stereocenters. The van der Waals surface area contributed by atoms with Crippen LogP contribution in [0.25, 0.3) is 10.9 Å². The summed E-state index contributed by atoms with van der Waals surface area (Å²) in [6.45, 7) is 2.41. The van der Waals surface area contributed by atoms with Crippen LogP contribution in [0.2, 0.25) is 0 Å². The van der Waals surface area contributed by atoms with Crippen molar-refractivity contribution in [3.63, 3.8) is 0 Å². The minimum atomic E-state index is -0.0685. The molecule has 0 aliphatic heterocycles. The molecule has 2 N–H and O–H groups in total. The largest absolute Gasteiger partial charge is 0.484 e. The lowest BCUT2D eigenvalue weighted by atomic mass is 10.2. The number of hydrogen-bond acceptors (Lipinski definition) is 3. The Morgan fingerprint density at radius 2 is 1.94 bits per heavy atom. The highest BCUT2D eigenvalue weighted by atomic mass is 16.5. The van der Waals surface area contributed by atoms with Crippen LogP contribution in [0, 0.1) is 0 Å². The predicted octanol–water partition coefficient (Wildman–Crippen LogP) is 2.86. The maximum absolute atomic E-state index is 11.7. The first kappa shape index (κ1) is 22.2. The van der Waals surface area contributed by atoms with E-state index in [1.807, 2.05) is 24.3 Å². The fraction of sp³-hybridized carbons (Fsp3) is 0.333. The van der Waals surface area contributed by atoms with Crippen LogP contribution in [-0.2, 0) is 17.9 Å². The number of para-hydroxylation sites is 1. The van der Waals surface area contributed by atoms with Crippen LogP contribution < -0.4 is 15.4 Å². The van der Waals surface area contributed by atoms with Gasteiger partial charge in [0, 0.05) is 52.5 Å². The number of fused-ring (bicyclic) bond motifs is 1. The first-order chi connectivity index (χ1) is 15.1. The van der Waals surface area contributed by atoms with Crippen molar-refractivity contribution < 1.29 is 9.53 Å². The number of carbonyl (C=O) groups excluding carboxylic acids is 1. The number of aliphatic imine (C=N–C) groups is 1. The Kier molecular flexibility index (Phi) is 7.92. The van der Waals surface area contributed by atoms with E-state index in [-0.39, 0.29) is 12.5 Å². The van der Waals surface area contributed by atoms with E-state index >= 15 is 0 Å². The number of nitrogens with zero attached hydrogens (tertiary/aromatic N) is 3. The zero-order valence-corrected chi connectivity index (χ0v) is 18.5. The number of carbonyl (C=O) groups is 1. The van der Waals surface area contributed by atoms with Crippen LogP contribution in [0.4, 0.5) is 0 Å². The third kappa shape index (κ3) is 6.50. The molecular formula is C24H31N5O2. The lowest BCUT2D eigenvalue weighted by Crippen LogP contribution is -2.37. The molecule has 31 heavy (non-hydrogen) atoms. The lowest BCUT2D eigenvalue weighted by Gasteiger charge is -2.14. The Balaban J connectivity index is 1.42. The molecule has 7 nitrogen and oxygen atoms in total. The monoisotopic (exact) mass is 421 g/mol. The Labute approximate surface area is 183 Å². The summed E-state index contributed by atoms with van der Waals surface area (Å²) in [7, 11) is 5.19. The van der Waals surface area contributed by atoms with Crippen LogP contribution in [0.15, 0.2) is 65.8 Å². The normalized spacial score (nSPS) is 11.4. The standard InChI is InChI=1S/C24H31N5O2/c1-25-24(26-13-7-14-29-15-12-20-9-4-5-11-22(20)29)27-17-19-8-6-10-21(16-19)31-18-23(30)28(2)3/h4-6,8-12,15-16H,7,13-14,17-18H2,1-3H3,(H2,25,26,27). The van der Waals surface area contributed by atoms with Crippen LogP contribution in [-0.4, -0.2) is 55.6 Å². The number of hydrogen-bond donors (Lipinski definition) is 2.